The Hall–Kier alpha value is -4.04. The number of hydroxylamine groups is 1. The van der Waals surface area contributed by atoms with Crippen LogP contribution in [0.3, 0.4) is 0 Å². The van der Waals surface area contributed by atoms with Gasteiger partial charge in [-0.25, -0.2) is 5.48 Å². The highest BCUT2D eigenvalue weighted by Crippen LogP contribution is 2.36. The summed E-state index contributed by atoms with van der Waals surface area (Å²) in [5.74, 6) is -0.697. The fourth-order valence-electron chi connectivity index (χ4n) is 3.53. The molecule has 1 aliphatic rings. The van der Waals surface area contributed by atoms with E-state index in [-0.39, 0.29) is 24.2 Å². The predicted molar refractivity (Wildman–Crippen MR) is 112 cm³/mol. The SMILES string of the molecule is O=C(NCc1ccc(C(=O)NO)cc1)C1=C(c2ccc(O)cc2)CC(c2ccoc2)N1. The van der Waals surface area contributed by atoms with Crippen LogP contribution in [0.2, 0.25) is 0 Å². The lowest BCUT2D eigenvalue weighted by molar-refractivity contribution is -0.117. The average Bonchev–Trinajstić information content (AvgIpc) is 3.48. The third kappa shape index (κ3) is 4.44. The Balaban J connectivity index is 1.52. The summed E-state index contributed by atoms with van der Waals surface area (Å²) in [7, 11) is 0. The molecule has 8 nitrogen and oxygen atoms in total. The maximum Gasteiger partial charge on any atom is 0.274 e. The van der Waals surface area contributed by atoms with Gasteiger partial charge in [-0.15, -0.1) is 0 Å². The van der Waals surface area contributed by atoms with Crippen molar-refractivity contribution >= 4 is 17.4 Å². The van der Waals surface area contributed by atoms with Crippen LogP contribution in [0.15, 0.2) is 77.2 Å². The second kappa shape index (κ2) is 8.76. The zero-order valence-corrected chi connectivity index (χ0v) is 16.5. The summed E-state index contributed by atoms with van der Waals surface area (Å²) in [6.07, 6.45) is 3.84. The number of hydrogen-bond donors (Lipinski definition) is 5. The van der Waals surface area contributed by atoms with Crippen LogP contribution < -0.4 is 16.1 Å². The molecule has 2 aromatic carbocycles. The normalized spacial score (nSPS) is 15.5. The topological polar surface area (TPSA) is 124 Å². The molecule has 8 heteroatoms. The Labute approximate surface area is 178 Å². The molecular formula is C23H21N3O5. The van der Waals surface area contributed by atoms with Crippen molar-refractivity contribution in [3.05, 3.63) is 95.1 Å². The van der Waals surface area contributed by atoms with E-state index in [1.165, 1.54) is 0 Å². The molecule has 1 atom stereocenters. The Bertz CT molecular complexity index is 1100. The molecule has 0 bridgehead atoms. The van der Waals surface area contributed by atoms with Crippen molar-refractivity contribution in [3.8, 4) is 5.75 Å². The molecule has 0 fully saturated rings. The maximum atomic E-state index is 13.0. The summed E-state index contributed by atoms with van der Waals surface area (Å²) in [6.45, 7) is 0.268. The molecule has 1 aliphatic heterocycles. The number of phenols is 1. The summed E-state index contributed by atoms with van der Waals surface area (Å²) in [4.78, 5) is 24.4. The lowest BCUT2D eigenvalue weighted by Gasteiger charge is -2.12. The van der Waals surface area contributed by atoms with Crippen LogP contribution >= 0.6 is 0 Å². The lowest BCUT2D eigenvalue weighted by atomic mass is 9.98. The van der Waals surface area contributed by atoms with E-state index in [0.29, 0.717) is 17.7 Å². The Kier molecular flexibility index (Phi) is 5.72. The number of benzene rings is 2. The molecule has 31 heavy (non-hydrogen) atoms. The van der Waals surface area contributed by atoms with Gasteiger partial charge in [0.1, 0.15) is 11.4 Å². The molecule has 158 valence electrons. The van der Waals surface area contributed by atoms with Crippen molar-refractivity contribution < 1.29 is 24.3 Å². The number of carbonyl (C=O) groups excluding carboxylic acids is 2. The van der Waals surface area contributed by atoms with Gasteiger partial charge < -0.3 is 20.2 Å². The number of hydrogen-bond acceptors (Lipinski definition) is 6. The zero-order chi connectivity index (χ0) is 21.8. The van der Waals surface area contributed by atoms with Gasteiger partial charge in [0, 0.05) is 17.7 Å². The van der Waals surface area contributed by atoms with E-state index >= 15 is 0 Å². The molecule has 0 spiro atoms. The third-order valence-corrected chi connectivity index (χ3v) is 5.19. The minimum Gasteiger partial charge on any atom is -0.508 e. The highest BCUT2D eigenvalue weighted by atomic mass is 16.5. The molecule has 3 aromatic rings. The quantitative estimate of drug-likeness (QED) is 0.309. The van der Waals surface area contributed by atoms with Crippen LogP contribution in [0.4, 0.5) is 0 Å². The van der Waals surface area contributed by atoms with Gasteiger partial charge in [0.25, 0.3) is 11.8 Å². The van der Waals surface area contributed by atoms with E-state index < -0.39 is 5.91 Å². The Morgan fingerprint density at radius 1 is 1.03 bits per heavy atom. The number of nitrogens with one attached hydrogen (secondary N) is 3. The predicted octanol–water partition coefficient (Wildman–Crippen LogP) is 2.87. The highest BCUT2D eigenvalue weighted by Gasteiger charge is 2.30. The maximum absolute atomic E-state index is 13.0. The van der Waals surface area contributed by atoms with E-state index in [0.717, 1.165) is 22.3 Å². The van der Waals surface area contributed by atoms with Crippen molar-refractivity contribution in [1.29, 1.82) is 0 Å². The first-order valence-electron chi connectivity index (χ1n) is 9.68. The molecule has 5 N–H and O–H groups in total. The minimum atomic E-state index is -0.597. The summed E-state index contributed by atoms with van der Waals surface area (Å²) < 4.78 is 5.18. The van der Waals surface area contributed by atoms with Gasteiger partial charge in [-0.3, -0.25) is 14.8 Å². The van der Waals surface area contributed by atoms with E-state index in [1.807, 2.05) is 6.07 Å². The number of phenolic OH excluding ortho intramolecular Hbond substituents is 1. The van der Waals surface area contributed by atoms with Crippen LogP contribution in [-0.4, -0.2) is 22.1 Å². The fourth-order valence-corrected chi connectivity index (χ4v) is 3.53. The molecule has 0 saturated heterocycles. The van der Waals surface area contributed by atoms with Gasteiger partial charge in [-0.1, -0.05) is 24.3 Å². The van der Waals surface area contributed by atoms with E-state index in [4.69, 9.17) is 9.62 Å². The van der Waals surface area contributed by atoms with Crippen molar-refractivity contribution in [1.82, 2.24) is 16.1 Å². The number of furan rings is 1. The van der Waals surface area contributed by atoms with Gasteiger partial charge >= 0.3 is 0 Å². The van der Waals surface area contributed by atoms with Gasteiger partial charge in [0.05, 0.1) is 18.6 Å². The van der Waals surface area contributed by atoms with Crippen LogP contribution in [0.25, 0.3) is 5.57 Å². The van der Waals surface area contributed by atoms with Crippen LogP contribution in [0, 0.1) is 0 Å². The second-order valence-corrected chi connectivity index (χ2v) is 7.18. The van der Waals surface area contributed by atoms with Crippen molar-refractivity contribution in [2.75, 3.05) is 0 Å². The molecule has 1 aromatic heterocycles. The van der Waals surface area contributed by atoms with Gasteiger partial charge in [0.15, 0.2) is 0 Å². The molecule has 0 radical (unpaired) electrons. The standard InChI is InChI=1S/C23H21N3O5/c27-18-7-5-15(6-8-18)19-11-20(17-9-10-31-13-17)25-21(19)23(29)24-12-14-1-3-16(4-2-14)22(28)26-30/h1-10,13,20,25,27,30H,11-12H2,(H,24,29)(H,26,28). The molecule has 0 aliphatic carbocycles. The van der Waals surface area contributed by atoms with Crippen LogP contribution in [-0.2, 0) is 11.3 Å². The van der Waals surface area contributed by atoms with Gasteiger partial charge in [-0.2, -0.15) is 0 Å². The highest BCUT2D eigenvalue weighted by molar-refractivity contribution is 6.02. The smallest absolute Gasteiger partial charge is 0.274 e. The fraction of sp³-hybridized carbons (Fsp3) is 0.130. The number of carbonyl (C=O) groups is 2. The number of aromatic hydroxyl groups is 1. The molecule has 1 unspecified atom stereocenters. The Morgan fingerprint density at radius 2 is 1.77 bits per heavy atom. The van der Waals surface area contributed by atoms with E-state index in [9.17, 15) is 14.7 Å². The lowest BCUT2D eigenvalue weighted by Crippen LogP contribution is -2.30. The summed E-state index contributed by atoms with van der Waals surface area (Å²) in [6, 6.07) is 15.0. The molecule has 0 saturated carbocycles. The first-order valence-corrected chi connectivity index (χ1v) is 9.68. The van der Waals surface area contributed by atoms with E-state index in [2.05, 4.69) is 10.6 Å². The van der Waals surface area contributed by atoms with Gasteiger partial charge in [0.2, 0.25) is 0 Å². The van der Waals surface area contributed by atoms with E-state index in [1.54, 1.807) is 66.5 Å². The van der Waals surface area contributed by atoms with Crippen molar-refractivity contribution in [2.24, 2.45) is 0 Å². The second-order valence-electron chi connectivity index (χ2n) is 7.18. The van der Waals surface area contributed by atoms with Crippen LogP contribution in [0.5, 0.6) is 5.75 Å². The Morgan fingerprint density at radius 3 is 2.42 bits per heavy atom. The van der Waals surface area contributed by atoms with Crippen molar-refractivity contribution in [3.63, 3.8) is 0 Å². The van der Waals surface area contributed by atoms with Gasteiger partial charge in [-0.05, 0) is 53.5 Å². The average molecular weight is 419 g/mol. The monoisotopic (exact) mass is 419 g/mol. The molecule has 2 heterocycles. The number of rotatable bonds is 6. The van der Waals surface area contributed by atoms with Crippen molar-refractivity contribution in [2.45, 2.75) is 19.0 Å². The molecule has 4 rings (SSSR count). The first kappa shape index (κ1) is 20.2. The first-order chi connectivity index (χ1) is 15.0. The summed E-state index contributed by atoms with van der Waals surface area (Å²) in [5.41, 5.74) is 5.80. The largest absolute Gasteiger partial charge is 0.508 e. The summed E-state index contributed by atoms with van der Waals surface area (Å²) in [5, 5.41) is 24.5. The zero-order valence-electron chi connectivity index (χ0n) is 16.5. The minimum absolute atomic E-state index is 0.0976. The van der Waals surface area contributed by atoms with Crippen LogP contribution in [0.1, 0.15) is 39.5 Å². The third-order valence-electron chi connectivity index (χ3n) is 5.19. The molecular weight excluding hydrogens is 398 g/mol. The molecule has 2 amide bonds. The summed E-state index contributed by atoms with van der Waals surface area (Å²) >= 11 is 0. The number of amides is 2.